The quantitative estimate of drug-likeness (QED) is 0.452. The van der Waals surface area contributed by atoms with Crippen LogP contribution in [0.15, 0.2) is 28.3 Å². The van der Waals surface area contributed by atoms with E-state index in [2.05, 4.69) is 34.4 Å². The van der Waals surface area contributed by atoms with Gasteiger partial charge in [-0.15, -0.1) is 0 Å². The Morgan fingerprint density at radius 2 is 2.04 bits per heavy atom. The van der Waals surface area contributed by atoms with Gasteiger partial charge in [-0.3, -0.25) is 4.79 Å². The smallest absolute Gasteiger partial charge is 0.290 e. The molecule has 0 atom stereocenters. The van der Waals surface area contributed by atoms with E-state index in [1.165, 1.54) is 0 Å². The van der Waals surface area contributed by atoms with Crippen molar-refractivity contribution in [1.82, 2.24) is 20.2 Å². The Balaban J connectivity index is 2.56. The summed E-state index contributed by atoms with van der Waals surface area (Å²) in [6, 6.07) is 5.10. The standard InChI is InChI=1S/C16H26N6O/c1-13(2)9-10-22(5)12-18-20-16(23)14-7-6-8-15(19-14)17-11-21(3)4/h6-8,11-13H,9-10H2,1-5H3,(H,20,23)/b17-11?,18-12+. The van der Waals surface area contributed by atoms with Crippen LogP contribution < -0.4 is 5.43 Å². The van der Waals surface area contributed by atoms with Gasteiger partial charge in [0.25, 0.3) is 5.91 Å². The minimum atomic E-state index is -0.361. The molecule has 0 aromatic carbocycles. The number of carbonyl (C=O) groups excluding carboxylic acids is 1. The maximum atomic E-state index is 12.0. The van der Waals surface area contributed by atoms with Crippen molar-refractivity contribution in [2.24, 2.45) is 16.0 Å². The number of aliphatic imine (C=N–C) groups is 1. The molecule has 0 aliphatic rings. The molecule has 7 heteroatoms. The zero-order valence-electron chi connectivity index (χ0n) is 14.5. The van der Waals surface area contributed by atoms with Gasteiger partial charge in [-0.2, -0.15) is 5.10 Å². The van der Waals surface area contributed by atoms with Crippen molar-refractivity contribution < 1.29 is 4.79 Å². The average Bonchev–Trinajstić information content (AvgIpc) is 2.51. The Morgan fingerprint density at radius 1 is 1.30 bits per heavy atom. The number of nitrogens with one attached hydrogen (secondary N) is 1. The lowest BCUT2D eigenvalue weighted by Gasteiger charge is -2.13. The highest BCUT2D eigenvalue weighted by atomic mass is 16.2. The summed E-state index contributed by atoms with van der Waals surface area (Å²) < 4.78 is 0. The summed E-state index contributed by atoms with van der Waals surface area (Å²) in [7, 11) is 5.65. The summed E-state index contributed by atoms with van der Waals surface area (Å²) in [5, 5.41) is 3.94. The Morgan fingerprint density at radius 3 is 2.70 bits per heavy atom. The Kier molecular flexibility index (Phi) is 7.73. The number of amides is 1. The van der Waals surface area contributed by atoms with Crippen molar-refractivity contribution in [2.45, 2.75) is 20.3 Å². The van der Waals surface area contributed by atoms with E-state index in [1.807, 2.05) is 26.0 Å². The van der Waals surface area contributed by atoms with Crippen LogP contribution in [0.4, 0.5) is 5.82 Å². The monoisotopic (exact) mass is 318 g/mol. The first-order valence-electron chi connectivity index (χ1n) is 7.60. The first-order chi connectivity index (χ1) is 10.9. The number of hydrogen-bond acceptors (Lipinski definition) is 4. The van der Waals surface area contributed by atoms with Gasteiger partial charge in [0.1, 0.15) is 12.0 Å². The Hall–Kier alpha value is -2.44. The van der Waals surface area contributed by atoms with Gasteiger partial charge in [0.05, 0.1) is 6.34 Å². The highest BCUT2D eigenvalue weighted by molar-refractivity contribution is 5.92. The predicted octanol–water partition coefficient (Wildman–Crippen LogP) is 1.95. The van der Waals surface area contributed by atoms with Gasteiger partial charge >= 0.3 is 0 Å². The first kappa shape index (κ1) is 18.6. The molecule has 1 aromatic heterocycles. The topological polar surface area (TPSA) is 73.2 Å². The summed E-state index contributed by atoms with van der Waals surface area (Å²) in [6.45, 7) is 5.23. The molecule has 1 heterocycles. The van der Waals surface area contributed by atoms with Crippen LogP contribution in [0.25, 0.3) is 0 Å². The van der Waals surface area contributed by atoms with Crippen molar-refractivity contribution in [3.63, 3.8) is 0 Å². The maximum absolute atomic E-state index is 12.0. The second kappa shape index (κ2) is 9.55. The van der Waals surface area contributed by atoms with Gasteiger partial charge < -0.3 is 9.80 Å². The van der Waals surface area contributed by atoms with E-state index < -0.39 is 0 Å². The number of nitrogens with zero attached hydrogens (tertiary/aromatic N) is 5. The fourth-order valence-corrected chi connectivity index (χ4v) is 1.56. The third-order valence-corrected chi connectivity index (χ3v) is 2.87. The lowest BCUT2D eigenvalue weighted by Crippen LogP contribution is -2.24. The molecule has 0 saturated carbocycles. The molecule has 0 bridgehead atoms. The van der Waals surface area contributed by atoms with E-state index in [1.54, 1.807) is 35.8 Å². The van der Waals surface area contributed by atoms with Crippen molar-refractivity contribution in [3.8, 4) is 0 Å². The van der Waals surface area contributed by atoms with Crippen molar-refractivity contribution in [3.05, 3.63) is 23.9 Å². The maximum Gasteiger partial charge on any atom is 0.290 e. The average molecular weight is 318 g/mol. The molecule has 0 fully saturated rings. The summed E-state index contributed by atoms with van der Waals surface area (Å²) in [5.74, 6) is 0.750. The van der Waals surface area contributed by atoms with Gasteiger partial charge in [0.15, 0.2) is 5.82 Å². The Labute approximate surface area is 138 Å². The molecule has 126 valence electrons. The molecule has 7 nitrogen and oxygen atoms in total. The Bertz CT molecular complexity index is 553. The van der Waals surface area contributed by atoms with E-state index in [-0.39, 0.29) is 11.6 Å². The van der Waals surface area contributed by atoms with E-state index in [9.17, 15) is 4.79 Å². The van der Waals surface area contributed by atoms with Crippen LogP contribution in [0.1, 0.15) is 30.8 Å². The number of pyridine rings is 1. The summed E-state index contributed by atoms with van der Waals surface area (Å²) in [6.07, 6.45) is 4.31. The molecule has 1 aromatic rings. The van der Waals surface area contributed by atoms with Crippen LogP contribution >= 0.6 is 0 Å². The molecule has 23 heavy (non-hydrogen) atoms. The molecule has 0 radical (unpaired) electrons. The predicted molar refractivity (Wildman–Crippen MR) is 94.1 cm³/mol. The zero-order valence-corrected chi connectivity index (χ0v) is 14.5. The number of rotatable bonds is 8. The second-order valence-electron chi connectivity index (χ2n) is 5.94. The number of hydrazone groups is 1. The molecule has 0 spiro atoms. The fraction of sp³-hybridized carbons (Fsp3) is 0.500. The number of aromatic nitrogens is 1. The molecule has 0 aliphatic carbocycles. The molecule has 0 saturated heterocycles. The van der Waals surface area contributed by atoms with Crippen molar-refractivity contribution in [2.75, 3.05) is 27.7 Å². The first-order valence-corrected chi connectivity index (χ1v) is 7.60. The van der Waals surface area contributed by atoms with Gasteiger partial charge in [-0.1, -0.05) is 19.9 Å². The van der Waals surface area contributed by atoms with Crippen LogP contribution in [0.5, 0.6) is 0 Å². The number of carbonyl (C=O) groups is 1. The van der Waals surface area contributed by atoms with Crippen LogP contribution in [0, 0.1) is 5.92 Å². The fourth-order valence-electron chi connectivity index (χ4n) is 1.56. The highest BCUT2D eigenvalue weighted by Crippen LogP contribution is 2.08. The van der Waals surface area contributed by atoms with E-state index >= 15 is 0 Å². The molecule has 0 unspecified atom stereocenters. The van der Waals surface area contributed by atoms with Crippen LogP contribution in [0.3, 0.4) is 0 Å². The van der Waals surface area contributed by atoms with Gasteiger partial charge in [-0.25, -0.2) is 15.4 Å². The van der Waals surface area contributed by atoms with E-state index in [0.717, 1.165) is 13.0 Å². The molecular weight excluding hydrogens is 292 g/mol. The highest BCUT2D eigenvalue weighted by Gasteiger charge is 2.06. The molecule has 1 amide bonds. The molecule has 0 aliphatic heterocycles. The van der Waals surface area contributed by atoms with Crippen LogP contribution in [-0.2, 0) is 0 Å². The third kappa shape index (κ3) is 7.94. The van der Waals surface area contributed by atoms with Gasteiger partial charge in [-0.05, 0) is 24.5 Å². The third-order valence-electron chi connectivity index (χ3n) is 2.87. The van der Waals surface area contributed by atoms with Gasteiger partial charge in [0.2, 0.25) is 0 Å². The molecule has 1 rings (SSSR count). The normalized spacial score (nSPS) is 11.4. The minimum absolute atomic E-state index is 0.278. The van der Waals surface area contributed by atoms with Crippen LogP contribution in [0.2, 0.25) is 0 Å². The van der Waals surface area contributed by atoms with E-state index in [0.29, 0.717) is 11.7 Å². The van der Waals surface area contributed by atoms with Crippen LogP contribution in [-0.4, -0.2) is 61.1 Å². The SMILES string of the molecule is CC(C)CCN(C)/C=N/NC(=O)c1cccc(N=CN(C)C)n1. The lowest BCUT2D eigenvalue weighted by atomic mass is 10.1. The minimum Gasteiger partial charge on any atom is -0.369 e. The zero-order chi connectivity index (χ0) is 17.2. The molecule has 1 N–H and O–H groups in total. The van der Waals surface area contributed by atoms with Crippen molar-refractivity contribution in [1.29, 1.82) is 0 Å². The molecular formula is C16H26N6O. The summed E-state index contributed by atoms with van der Waals surface area (Å²) in [5.41, 5.74) is 2.75. The number of hydrogen-bond donors (Lipinski definition) is 1. The van der Waals surface area contributed by atoms with Crippen molar-refractivity contribution >= 4 is 24.4 Å². The lowest BCUT2D eigenvalue weighted by molar-refractivity contribution is 0.0949. The largest absolute Gasteiger partial charge is 0.369 e. The van der Waals surface area contributed by atoms with E-state index in [4.69, 9.17) is 0 Å². The second-order valence-corrected chi connectivity index (χ2v) is 5.94. The summed E-state index contributed by atoms with van der Waals surface area (Å²) in [4.78, 5) is 24.1. The summed E-state index contributed by atoms with van der Waals surface area (Å²) >= 11 is 0. The van der Waals surface area contributed by atoms with Gasteiger partial charge in [0, 0.05) is 27.7 Å².